The van der Waals surface area contributed by atoms with Gasteiger partial charge < -0.3 is 9.47 Å². The quantitative estimate of drug-likeness (QED) is 0.384. The van der Waals surface area contributed by atoms with Gasteiger partial charge in [0.2, 0.25) is 0 Å². The Kier molecular flexibility index (Phi) is 4.16. The van der Waals surface area contributed by atoms with E-state index in [4.69, 9.17) is 9.47 Å². The molecule has 0 aliphatic carbocycles. The van der Waals surface area contributed by atoms with Gasteiger partial charge in [0.25, 0.3) is 0 Å². The third-order valence-corrected chi connectivity index (χ3v) is 2.07. The number of carbonyl (C=O) groups is 2. The summed E-state index contributed by atoms with van der Waals surface area (Å²) < 4.78 is 9.81. The lowest BCUT2D eigenvalue weighted by atomic mass is 10.1. The predicted octanol–water partition coefficient (Wildman–Crippen LogP) is 1.84. The molecular weight excluding hydrogens is 184 g/mol. The lowest BCUT2D eigenvalue weighted by Crippen LogP contribution is -2.20. The zero-order valence-corrected chi connectivity index (χ0v) is 8.14. The molecular formula is C10H14O4. The molecule has 14 heavy (non-hydrogen) atoms. The van der Waals surface area contributed by atoms with Crippen molar-refractivity contribution in [2.24, 2.45) is 0 Å². The number of cyclic esters (lactones) is 2. The molecule has 0 unspecified atom stereocenters. The van der Waals surface area contributed by atoms with Crippen LogP contribution < -0.4 is 0 Å². The third kappa shape index (κ3) is 2.87. The maximum Gasteiger partial charge on any atom is 0.509 e. The first-order valence-electron chi connectivity index (χ1n) is 4.77. The second kappa shape index (κ2) is 5.42. The van der Waals surface area contributed by atoms with Crippen molar-refractivity contribution >= 4 is 12.4 Å². The third-order valence-electron chi connectivity index (χ3n) is 2.07. The fraction of sp³-hybridized carbons (Fsp3) is 0.600. The van der Waals surface area contributed by atoms with Crippen LogP contribution in [0.3, 0.4) is 0 Å². The molecule has 0 radical (unpaired) electrons. The van der Waals surface area contributed by atoms with Gasteiger partial charge in [-0.25, -0.2) is 4.79 Å². The highest BCUT2D eigenvalue weighted by molar-refractivity contribution is 5.66. The first-order chi connectivity index (χ1) is 6.77. The molecule has 1 aliphatic rings. The van der Waals surface area contributed by atoms with Crippen LogP contribution in [-0.4, -0.2) is 24.6 Å². The molecule has 4 heteroatoms. The smallest absolute Gasteiger partial charge is 0.427 e. The minimum absolute atomic E-state index is 0.237. The van der Waals surface area contributed by atoms with Gasteiger partial charge >= 0.3 is 6.16 Å². The van der Waals surface area contributed by atoms with Crippen LogP contribution in [0.15, 0.2) is 12.2 Å². The van der Waals surface area contributed by atoms with E-state index in [0.29, 0.717) is 6.29 Å². The van der Waals surface area contributed by atoms with E-state index in [9.17, 15) is 9.59 Å². The molecule has 0 N–H and O–H groups in total. The molecule has 0 aromatic rings. The SMILES string of the molecule is CCCC[C@@H]1OC(=O)O[C@@H]1/C=C/C=O. The van der Waals surface area contributed by atoms with E-state index >= 15 is 0 Å². The van der Waals surface area contributed by atoms with Crippen molar-refractivity contribution < 1.29 is 19.1 Å². The minimum Gasteiger partial charge on any atom is -0.427 e. The van der Waals surface area contributed by atoms with E-state index in [1.54, 1.807) is 6.08 Å². The summed E-state index contributed by atoms with van der Waals surface area (Å²) in [5.41, 5.74) is 0. The largest absolute Gasteiger partial charge is 0.509 e. The summed E-state index contributed by atoms with van der Waals surface area (Å²) in [6.07, 6.45) is 5.04. The first kappa shape index (κ1) is 10.8. The summed E-state index contributed by atoms with van der Waals surface area (Å²) in [5.74, 6) is 0. The molecule has 0 amide bonds. The zero-order chi connectivity index (χ0) is 10.4. The van der Waals surface area contributed by atoms with E-state index in [1.165, 1.54) is 6.08 Å². The number of allylic oxidation sites excluding steroid dienone is 1. The van der Waals surface area contributed by atoms with Crippen LogP contribution in [0.4, 0.5) is 4.79 Å². The van der Waals surface area contributed by atoms with Crippen LogP contribution in [0.25, 0.3) is 0 Å². The van der Waals surface area contributed by atoms with E-state index in [-0.39, 0.29) is 6.10 Å². The number of hydrogen-bond acceptors (Lipinski definition) is 4. The number of aldehydes is 1. The Bertz CT molecular complexity index is 234. The van der Waals surface area contributed by atoms with E-state index in [1.807, 2.05) is 0 Å². The summed E-state index contributed by atoms with van der Waals surface area (Å²) in [6.45, 7) is 2.06. The van der Waals surface area contributed by atoms with Crippen LogP contribution in [0.5, 0.6) is 0 Å². The molecule has 0 aromatic carbocycles. The molecule has 0 aromatic heterocycles. The molecule has 2 atom stereocenters. The number of hydrogen-bond donors (Lipinski definition) is 0. The van der Waals surface area contributed by atoms with Crippen molar-refractivity contribution in [3.8, 4) is 0 Å². The molecule has 1 fully saturated rings. The fourth-order valence-corrected chi connectivity index (χ4v) is 1.35. The summed E-state index contributed by atoms with van der Waals surface area (Å²) in [6, 6.07) is 0. The van der Waals surface area contributed by atoms with Crippen molar-refractivity contribution in [1.29, 1.82) is 0 Å². The Morgan fingerprint density at radius 3 is 2.86 bits per heavy atom. The Hall–Kier alpha value is -1.32. The van der Waals surface area contributed by atoms with Gasteiger partial charge in [-0.3, -0.25) is 4.79 Å². The van der Waals surface area contributed by atoms with Gasteiger partial charge in [0.1, 0.15) is 12.4 Å². The number of carbonyl (C=O) groups excluding carboxylic acids is 2. The molecule has 78 valence electrons. The second-order valence-corrected chi connectivity index (χ2v) is 3.15. The highest BCUT2D eigenvalue weighted by Crippen LogP contribution is 2.21. The molecule has 1 saturated heterocycles. The van der Waals surface area contributed by atoms with Crippen molar-refractivity contribution in [3.05, 3.63) is 12.2 Å². The standard InChI is InChI=1S/C10H14O4/c1-2-3-5-8-9(6-4-7-11)14-10(12)13-8/h4,6-9H,2-3,5H2,1H3/b6-4+/t8-,9+/m0/s1. The summed E-state index contributed by atoms with van der Waals surface area (Å²) in [7, 11) is 0. The summed E-state index contributed by atoms with van der Waals surface area (Å²) >= 11 is 0. The highest BCUT2D eigenvalue weighted by Gasteiger charge is 2.33. The van der Waals surface area contributed by atoms with E-state index in [0.717, 1.165) is 19.3 Å². The Labute approximate surface area is 82.9 Å². The lowest BCUT2D eigenvalue weighted by Gasteiger charge is -2.10. The van der Waals surface area contributed by atoms with Crippen molar-refractivity contribution in [3.63, 3.8) is 0 Å². The molecule has 0 bridgehead atoms. The fourth-order valence-electron chi connectivity index (χ4n) is 1.35. The van der Waals surface area contributed by atoms with Gasteiger partial charge in [-0.05, 0) is 25.0 Å². The number of rotatable bonds is 5. The molecule has 4 nitrogen and oxygen atoms in total. The average Bonchev–Trinajstić information content (AvgIpc) is 2.52. The van der Waals surface area contributed by atoms with Crippen LogP contribution in [0.2, 0.25) is 0 Å². The number of ether oxygens (including phenoxy) is 2. The van der Waals surface area contributed by atoms with Gasteiger partial charge in [0.05, 0.1) is 0 Å². The maximum atomic E-state index is 10.8. The zero-order valence-electron chi connectivity index (χ0n) is 8.14. The molecule has 0 spiro atoms. The van der Waals surface area contributed by atoms with Crippen molar-refractivity contribution in [1.82, 2.24) is 0 Å². The molecule has 0 saturated carbocycles. The van der Waals surface area contributed by atoms with Crippen molar-refractivity contribution in [2.45, 2.75) is 38.4 Å². The van der Waals surface area contributed by atoms with Gasteiger partial charge in [-0.2, -0.15) is 0 Å². The van der Waals surface area contributed by atoms with Crippen molar-refractivity contribution in [2.75, 3.05) is 0 Å². The molecule has 1 aliphatic heterocycles. The lowest BCUT2D eigenvalue weighted by molar-refractivity contribution is -0.104. The van der Waals surface area contributed by atoms with E-state index < -0.39 is 12.3 Å². The minimum atomic E-state index is -0.647. The number of unbranched alkanes of at least 4 members (excludes halogenated alkanes) is 1. The molecule has 1 heterocycles. The Balaban J connectivity index is 2.48. The summed E-state index contributed by atoms with van der Waals surface area (Å²) in [5, 5.41) is 0. The van der Waals surface area contributed by atoms with Gasteiger partial charge in [0, 0.05) is 0 Å². The highest BCUT2D eigenvalue weighted by atomic mass is 16.8. The van der Waals surface area contributed by atoms with Gasteiger partial charge in [-0.15, -0.1) is 0 Å². The van der Waals surface area contributed by atoms with Crippen LogP contribution in [0, 0.1) is 0 Å². The average molecular weight is 198 g/mol. The Morgan fingerprint density at radius 2 is 2.21 bits per heavy atom. The Morgan fingerprint density at radius 1 is 1.43 bits per heavy atom. The van der Waals surface area contributed by atoms with E-state index in [2.05, 4.69) is 6.92 Å². The summed E-state index contributed by atoms with van der Waals surface area (Å²) in [4.78, 5) is 20.9. The second-order valence-electron chi connectivity index (χ2n) is 3.15. The van der Waals surface area contributed by atoms with Gasteiger partial charge in [-0.1, -0.05) is 13.3 Å². The van der Waals surface area contributed by atoms with Crippen LogP contribution >= 0.6 is 0 Å². The van der Waals surface area contributed by atoms with Gasteiger partial charge in [0.15, 0.2) is 6.10 Å². The maximum absolute atomic E-state index is 10.8. The monoisotopic (exact) mass is 198 g/mol. The normalized spacial score (nSPS) is 26.2. The topological polar surface area (TPSA) is 52.6 Å². The van der Waals surface area contributed by atoms with Crippen LogP contribution in [-0.2, 0) is 14.3 Å². The molecule has 1 rings (SSSR count). The first-order valence-corrected chi connectivity index (χ1v) is 4.77. The van der Waals surface area contributed by atoms with Crippen LogP contribution in [0.1, 0.15) is 26.2 Å². The predicted molar refractivity (Wildman–Crippen MR) is 49.9 cm³/mol.